The van der Waals surface area contributed by atoms with Crippen LogP contribution in [0.4, 0.5) is 30.2 Å². The number of hydrogen-bond acceptors (Lipinski definition) is 11. The fraction of sp³-hybridized carbons (Fsp3) is 0.607. The molecule has 1 spiro atoms. The number of carbonyl (C=O) groups excluding carboxylic acids is 2. The van der Waals surface area contributed by atoms with Crippen LogP contribution in [0.2, 0.25) is 4.34 Å². The second kappa shape index (κ2) is 10.8. The molecule has 2 aromatic rings. The second-order valence-corrected chi connectivity index (χ2v) is 14.1. The SMILES string of the molecule is N#Cc1c(N)sc(Cl)c1C1CCN(c2nc(OC[C@@]34CCCN3C[C@H](F)C4)nc(N3CCC[C@]4(C3)NC(=O)NC4=O)c2F)C1. The number of anilines is 3. The number of aromatic nitrogens is 2. The number of nitrogens with one attached hydrogen (secondary N) is 2. The molecule has 3 amide bonds. The Morgan fingerprint density at radius 2 is 1.93 bits per heavy atom. The molecule has 5 saturated heterocycles. The molecule has 234 valence electrons. The lowest BCUT2D eigenvalue weighted by Crippen LogP contribution is -2.59. The minimum Gasteiger partial charge on any atom is -0.461 e. The Balaban J connectivity index is 1.21. The Morgan fingerprint density at radius 1 is 1.16 bits per heavy atom. The van der Waals surface area contributed by atoms with E-state index in [1.54, 1.807) is 9.80 Å². The third kappa shape index (κ3) is 4.78. The van der Waals surface area contributed by atoms with Gasteiger partial charge >= 0.3 is 12.0 Å². The molecule has 0 aromatic carbocycles. The van der Waals surface area contributed by atoms with Gasteiger partial charge in [-0.2, -0.15) is 19.6 Å². The average molecular weight is 648 g/mol. The molecule has 4 atom stereocenters. The number of rotatable bonds is 6. The standard InChI is InChI=1S/C28H32ClF2N9O3S/c29-20-18(17(10-32)21(33)44-20)15-3-8-38(11-15)22-19(31)23(39-6-2-5-28(13-39)24(41)36-25(42)37-28)35-26(34-22)43-14-27-4-1-7-40(27)12-16(30)9-27/h15-16H,1-9,11-14,33H2,(H2,36,37,41,42)/t15?,16-,27+,28-/m1/s1. The van der Waals surface area contributed by atoms with Gasteiger partial charge in [-0.05, 0) is 38.6 Å². The highest BCUT2D eigenvalue weighted by molar-refractivity contribution is 7.20. The van der Waals surface area contributed by atoms with Gasteiger partial charge in [0.25, 0.3) is 5.91 Å². The minimum absolute atomic E-state index is 0.0244. The number of ether oxygens (including phenoxy) is 1. The van der Waals surface area contributed by atoms with Crippen molar-refractivity contribution >= 4 is 51.5 Å². The summed E-state index contributed by atoms with van der Waals surface area (Å²) < 4.78 is 37.5. The van der Waals surface area contributed by atoms with Crippen molar-refractivity contribution in [3.05, 3.63) is 21.3 Å². The third-order valence-corrected chi connectivity index (χ3v) is 11.0. The maximum Gasteiger partial charge on any atom is 0.322 e. The maximum absolute atomic E-state index is 16.5. The number of nitriles is 1. The van der Waals surface area contributed by atoms with E-state index in [1.165, 1.54) is 0 Å². The van der Waals surface area contributed by atoms with Crippen LogP contribution in [0.25, 0.3) is 0 Å². The molecule has 5 fully saturated rings. The maximum atomic E-state index is 16.5. The molecule has 7 heterocycles. The smallest absolute Gasteiger partial charge is 0.322 e. The molecule has 0 radical (unpaired) electrons. The van der Waals surface area contributed by atoms with E-state index in [-0.39, 0.29) is 36.7 Å². The van der Waals surface area contributed by atoms with Crippen molar-refractivity contribution < 1.29 is 23.1 Å². The van der Waals surface area contributed by atoms with Crippen LogP contribution in [0.3, 0.4) is 0 Å². The fourth-order valence-electron chi connectivity index (χ4n) is 7.69. The number of carbonyl (C=O) groups is 2. The molecule has 0 saturated carbocycles. The summed E-state index contributed by atoms with van der Waals surface area (Å²) in [7, 11) is 0. The number of nitrogen functional groups attached to an aromatic ring is 1. The molecule has 0 aliphatic carbocycles. The van der Waals surface area contributed by atoms with Gasteiger partial charge in [0.2, 0.25) is 5.82 Å². The van der Waals surface area contributed by atoms with Crippen LogP contribution >= 0.6 is 22.9 Å². The Morgan fingerprint density at radius 3 is 2.68 bits per heavy atom. The molecule has 2 aromatic heterocycles. The van der Waals surface area contributed by atoms with Crippen molar-refractivity contribution in [3.8, 4) is 12.1 Å². The van der Waals surface area contributed by atoms with Crippen molar-refractivity contribution in [2.45, 2.75) is 61.7 Å². The summed E-state index contributed by atoms with van der Waals surface area (Å²) in [6, 6.07) is 1.52. The fourth-order valence-corrected chi connectivity index (χ4v) is 9.02. The van der Waals surface area contributed by atoms with Crippen LogP contribution in [-0.4, -0.2) is 89.9 Å². The van der Waals surface area contributed by atoms with E-state index < -0.39 is 35.0 Å². The first kappa shape index (κ1) is 29.2. The van der Waals surface area contributed by atoms with Gasteiger partial charge in [0.05, 0.1) is 22.0 Å². The summed E-state index contributed by atoms with van der Waals surface area (Å²) in [5.74, 6) is -1.31. The van der Waals surface area contributed by atoms with E-state index in [0.717, 1.165) is 30.7 Å². The lowest BCUT2D eigenvalue weighted by Gasteiger charge is -2.39. The van der Waals surface area contributed by atoms with Crippen LogP contribution in [0, 0.1) is 17.1 Å². The number of nitrogens with zero attached hydrogens (tertiary/aromatic N) is 6. The Hall–Kier alpha value is -3.48. The number of piperidine rings is 1. The Kier molecular flexibility index (Phi) is 7.21. The highest BCUT2D eigenvalue weighted by Gasteiger charge is 2.51. The minimum atomic E-state index is -1.20. The van der Waals surface area contributed by atoms with Gasteiger partial charge in [0, 0.05) is 44.1 Å². The number of halogens is 3. The number of urea groups is 1. The van der Waals surface area contributed by atoms with Gasteiger partial charge in [-0.3, -0.25) is 15.0 Å². The lowest BCUT2D eigenvalue weighted by molar-refractivity contribution is -0.124. The van der Waals surface area contributed by atoms with Crippen molar-refractivity contribution in [3.63, 3.8) is 0 Å². The normalized spacial score (nSPS) is 30.1. The molecule has 16 heteroatoms. The zero-order chi connectivity index (χ0) is 30.8. The van der Waals surface area contributed by atoms with Crippen LogP contribution in [0.1, 0.15) is 55.6 Å². The molecule has 7 rings (SSSR count). The number of hydrogen-bond donors (Lipinski definition) is 3. The number of imide groups is 1. The molecule has 0 bridgehead atoms. The summed E-state index contributed by atoms with van der Waals surface area (Å²) in [6.07, 6.45) is 2.67. The molecule has 4 N–H and O–H groups in total. The van der Waals surface area contributed by atoms with E-state index in [2.05, 4.69) is 31.6 Å². The quantitative estimate of drug-likeness (QED) is 0.399. The molecule has 12 nitrogen and oxygen atoms in total. The Bertz CT molecular complexity index is 1570. The highest BCUT2D eigenvalue weighted by atomic mass is 35.5. The van der Waals surface area contributed by atoms with Crippen molar-refractivity contribution in [1.29, 1.82) is 5.26 Å². The second-order valence-electron chi connectivity index (χ2n) is 12.4. The number of thiophene rings is 1. The zero-order valence-corrected chi connectivity index (χ0v) is 25.4. The molecular formula is C28H32ClF2N9O3S. The summed E-state index contributed by atoms with van der Waals surface area (Å²) >= 11 is 7.62. The van der Waals surface area contributed by atoms with Gasteiger partial charge < -0.3 is 25.6 Å². The van der Waals surface area contributed by atoms with Gasteiger partial charge in [-0.15, -0.1) is 11.3 Å². The van der Waals surface area contributed by atoms with E-state index in [1.807, 2.05) is 0 Å². The Labute approximate surface area is 261 Å². The molecule has 1 unspecified atom stereocenters. The third-order valence-electron chi connectivity index (χ3n) is 9.77. The van der Waals surface area contributed by atoms with Gasteiger partial charge in [0.1, 0.15) is 29.4 Å². The van der Waals surface area contributed by atoms with Gasteiger partial charge in [-0.25, -0.2) is 9.18 Å². The monoisotopic (exact) mass is 647 g/mol. The van der Waals surface area contributed by atoms with E-state index in [0.29, 0.717) is 72.3 Å². The number of amides is 3. The van der Waals surface area contributed by atoms with Crippen molar-refractivity contribution in [2.24, 2.45) is 0 Å². The van der Waals surface area contributed by atoms with Crippen LogP contribution < -0.4 is 30.9 Å². The molecular weight excluding hydrogens is 616 g/mol. The first-order valence-corrected chi connectivity index (χ1v) is 16.0. The summed E-state index contributed by atoms with van der Waals surface area (Å²) in [5, 5.41) is 15.0. The average Bonchev–Trinajstić information content (AvgIpc) is 3.78. The van der Waals surface area contributed by atoms with E-state index >= 15 is 4.39 Å². The predicted octanol–water partition coefficient (Wildman–Crippen LogP) is 2.91. The first-order chi connectivity index (χ1) is 21.1. The zero-order valence-electron chi connectivity index (χ0n) is 23.9. The summed E-state index contributed by atoms with van der Waals surface area (Å²) in [4.78, 5) is 39.3. The van der Waals surface area contributed by atoms with E-state index in [9.17, 15) is 19.2 Å². The summed E-state index contributed by atoms with van der Waals surface area (Å²) in [5.41, 5.74) is 5.38. The predicted molar refractivity (Wildman–Crippen MR) is 159 cm³/mol. The number of fused-ring (bicyclic) bond motifs is 1. The highest BCUT2D eigenvalue weighted by Crippen LogP contribution is 2.44. The van der Waals surface area contributed by atoms with E-state index in [4.69, 9.17) is 22.1 Å². The van der Waals surface area contributed by atoms with Crippen molar-refractivity contribution in [1.82, 2.24) is 25.5 Å². The van der Waals surface area contributed by atoms with Crippen LogP contribution in [0.5, 0.6) is 6.01 Å². The molecule has 44 heavy (non-hydrogen) atoms. The lowest BCUT2D eigenvalue weighted by atomic mass is 9.89. The first-order valence-electron chi connectivity index (χ1n) is 14.8. The topological polar surface area (TPSA) is 153 Å². The van der Waals surface area contributed by atoms with Gasteiger partial charge in [-0.1, -0.05) is 11.6 Å². The van der Waals surface area contributed by atoms with Crippen molar-refractivity contribution in [2.75, 3.05) is 61.4 Å². The molecule has 5 aliphatic rings. The van der Waals surface area contributed by atoms with Crippen LogP contribution in [-0.2, 0) is 4.79 Å². The van der Waals surface area contributed by atoms with Crippen LogP contribution in [0.15, 0.2) is 0 Å². The largest absolute Gasteiger partial charge is 0.461 e. The summed E-state index contributed by atoms with van der Waals surface area (Å²) in [6.45, 7) is 2.51. The number of alkyl halides is 1. The number of nitrogens with two attached hydrogens (primary N) is 1. The molecule has 5 aliphatic heterocycles. The van der Waals surface area contributed by atoms with Gasteiger partial charge in [0.15, 0.2) is 11.6 Å².